The van der Waals surface area contributed by atoms with Gasteiger partial charge in [0.2, 0.25) is 11.8 Å². The predicted molar refractivity (Wildman–Crippen MR) is 212 cm³/mol. The monoisotopic (exact) mass is 659 g/mol. The molecule has 50 heavy (non-hydrogen) atoms. The molecule has 1 heterocycles. The highest BCUT2D eigenvalue weighted by atomic mass is 16.4. The van der Waals surface area contributed by atoms with Gasteiger partial charge in [0.05, 0.1) is 0 Å². The van der Waals surface area contributed by atoms with Crippen LogP contribution in [0.5, 0.6) is 0 Å². The summed E-state index contributed by atoms with van der Waals surface area (Å²) in [7, 11) is 2.07. The minimum atomic E-state index is 0.170. The second-order valence-corrected chi connectivity index (χ2v) is 13.1. The van der Waals surface area contributed by atoms with Gasteiger partial charge in [-0.2, -0.15) is 0 Å². The summed E-state index contributed by atoms with van der Waals surface area (Å²) < 4.78 is 5.37. The van der Waals surface area contributed by atoms with Crippen LogP contribution < -0.4 is 4.90 Å². The van der Waals surface area contributed by atoms with Gasteiger partial charge in [-0.3, -0.25) is 0 Å². The second kappa shape index (κ2) is 18.7. The van der Waals surface area contributed by atoms with Crippen LogP contribution in [0.3, 0.4) is 0 Å². The maximum absolute atomic E-state index is 5.37. The van der Waals surface area contributed by atoms with Gasteiger partial charge in [-0.05, 0) is 72.4 Å². The molecule has 7 rings (SSSR count). The van der Waals surface area contributed by atoms with Gasteiger partial charge >= 0.3 is 0 Å². The normalized spacial score (nSPS) is 10.3. The molecule has 0 saturated heterocycles. The maximum Gasteiger partial charge on any atom is 0.247 e. The molecular weight excluding hydrogens is 611 g/mol. The SMILES string of the molecule is CN(c1ccccc1)c1ccccc1.Cc1ccc(-c2ccccc2)cc1.Cc1ccccc1.Cc1nnc(-c2ccc(C(C)(C)C)cc2)o1. The number of aromatic nitrogens is 2. The lowest BCUT2D eigenvalue weighted by molar-refractivity contribution is 0.532. The lowest BCUT2D eigenvalue weighted by atomic mass is 9.87. The number of hydrogen-bond acceptors (Lipinski definition) is 4. The van der Waals surface area contributed by atoms with Crippen LogP contribution in [-0.2, 0) is 5.41 Å². The molecule has 4 nitrogen and oxygen atoms in total. The third-order valence-electron chi connectivity index (χ3n) is 7.91. The van der Waals surface area contributed by atoms with Crippen molar-refractivity contribution >= 4 is 11.4 Å². The Bertz CT molecular complexity index is 1890. The molecule has 0 atom stereocenters. The van der Waals surface area contributed by atoms with Gasteiger partial charge in [0.25, 0.3) is 0 Å². The maximum atomic E-state index is 5.37. The number of rotatable bonds is 4. The Morgan fingerprint density at radius 2 is 0.840 bits per heavy atom. The third-order valence-corrected chi connectivity index (χ3v) is 7.91. The van der Waals surface area contributed by atoms with Crippen LogP contribution in [-0.4, -0.2) is 17.2 Å². The first-order valence-electron chi connectivity index (χ1n) is 17.0. The molecule has 0 amide bonds. The van der Waals surface area contributed by atoms with Gasteiger partial charge in [0.15, 0.2) is 0 Å². The van der Waals surface area contributed by atoms with Gasteiger partial charge in [-0.25, -0.2) is 0 Å². The molecule has 0 fully saturated rings. The molecule has 0 unspecified atom stereocenters. The van der Waals surface area contributed by atoms with E-state index < -0.39 is 0 Å². The van der Waals surface area contributed by atoms with E-state index in [0.29, 0.717) is 11.8 Å². The molecule has 4 heteroatoms. The standard InChI is InChI=1S/C13H16N2O.C13H13N.C13H12.C7H8/c1-9-14-15-12(16-9)10-5-7-11(8-6-10)13(2,3)4;1-14(12-8-4-2-5-9-12)13-10-6-3-7-11-13;1-11-7-9-13(10-8-11)12-5-3-2-4-6-12;1-7-5-3-2-4-6-7/h5-8H,1-4H3;2-11H,1H3;2-10H,1H3;2-6H,1H3. The fourth-order valence-electron chi connectivity index (χ4n) is 4.89. The molecular formula is C46H49N3O. The summed E-state index contributed by atoms with van der Waals surface area (Å²) in [5.74, 6) is 1.17. The summed E-state index contributed by atoms with van der Waals surface area (Å²) in [6.45, 7) is 12.6. The summed E-state index contributed by atoms with van der Waals surface area (Å²) in [5.41, 5.74) is 10.0. The number of nitrogens with zero attached hydrogens (tertiary/aromatic N) is 3. The fourth-order valence-corrected chi connectivity index (χ4v) is 4.89. The quantitative estimate of drug-likeness (QED) is 0.189. The van der Waals surface area contributed by atoms with E-state index >= 15 is 0 Å². The summed E-state index contributed by atoms with van der Waals surface area (Å²) in [5, 5.41) is 7.81. The highest BCUT2D eigenvalue weighted by Crippen LogP contribution is 2.26. The lowest BCUT2D eigenvalue weighted by Crippen LogP contribution is -2.10. The Kier molecular flexibility index (Phi) is 13.9. The van der Waals surface area contributed by atoms with Crippen molar-refractivity contribution in [1.82, 2.24) is 10.2 Å². The van der Waals surface area contributed by atoms with Crippen molar-refractivity contribution in [3.8, 4) is 22.6 Å². The van der Waals surface area contributed by atoms with E-state index in [1.807, 2.05) is 48.5 Å². The predicted octanol–water partition coefficient (Wildman–Crippen LogP) is 12.5. The van der Waals surface area contributed by atoms with Crippen molar-refractivity contribution in [1.29, 1.82) is 0 Å². The van der Waals surface area contributed by atoms with E-state index in [9.17, 15) is 0 Å². The Labute approximate surface area is 299 Å². The minimum absolute atomic E-state index is 0.170. The Morgan fingerprint density at radius 1 is 0.440 bits per heavy atom. The largest absolute Gasteiger partial charge is 0.421 e. The van der Waals surface area contributed by atoms with Gasteiger partial charge in [-0.1, -0.05) is 165 Å². The number of anilines is 2. The first-order valence-corrected chi connectivity index (χ1v) is 17.0. The molecule has 0 aliphatic heterocycles. The summed E-state index contributed by atoms with van der Waals surface area (Å²) >= 11 is 0. The average Bonchev–Trinajstić information content (AvgIpc) is 3.60. The van der Waals surface area contributed by atoms with Gasteiger partial charge < -0.3 is 9.32 Å². The van der Waals surface area contributed by atoms with E-state index in [4.69, 9.17) is 4.42 Å². The second-order valence-electron chi connectivity index (χ2n) is 13.1. The first-order chi connectivity index (χ1) is 24.1. The van der Waals surface area contributed by atoms with Crippen LogP contribution in [0.4, 0.5) is 11.4 Å². The Morgan fingerprint density at radius 3 is 1.24 bits per heavy atom. The zero-order valence-electron chi connectivity index (χ0n) is 30.4. The number of hydrogen-bond donors (Lipinski definition) is 0. The summed E-state index contributed by atoms with van der Waals surface area (Å²) in [6.07, 6.45) is 0. The van der Waals surface area contributed by atoms with E-state index in [0.717, 1.165) is 5.56 Å². The van der Waals surface area contributed by atoms with Crippen molar-refractivity contribution in [3.05, 3.63) is 192 Å². The average molecular weight is 660 g/mol. The Balaban J connectivity index is 0.000000155. The fraction of sp³-hybridized carbons (Fsp3) is 0.174. The van der Waals surface area contributed by atoms with Crippen molar-refractivity contribution in [2.45, 2.75) is 47.0 Å². The third kappa shape index (κ3) is 12.1. The van der Waals surface area contributed by atoms with Crippen molar-refractivity contribution in [2.24, 2.45) is 0 Å². The highest BCUT2D eigenvalue weighted by Gasteiger charge is 2.14. The van der Waals surface area contributed by atoms with Crippen LogP contribution in [0.25, 0.3) is 22.6 Å². The Hall–Kier alpha value is -5.74. The van der Waals surface area contributed by atoms with Crippen LogP contribution in [0.2, 0.25) is 0 Å². The smallest absolute Gasteiger partial charge is 0.247 e. The van der Waals surface area contributed by atoms with Gasteiger partial charge in [0, 0.05) is 30.9 Å². The first kappa shape index (κ1) is 37.1. The van der Waals surface area contributed by atoms with E-state index in [1.165, 1.54) is 39.2 Å². The lowest BCUT2D eigenvalue weighted by Gasteiger charge is -2.18. The zero-order valence-corrected chi connectivity index (χ0v) is 30.4. The van der Waals surface area contributed by atoms with Crippen molar-refractivity contribution in [3.63, 3.8) is 0 Å². The van der Waals surface area contributed by atoms with Crippen LogP contribution >= 0.6 is 0 Å². The molecule has 0 N–H and O–H groups in total. The van der Waals surface area contributed by atoms with E-state index in [1.54, 1.807) is 6.92 Å². The molecule has 254 valence electrons. The van der Waals surface area contributed by atoms with Crippen LogP contribution in [0.15, 0.2) is 174 Å². The highest BCUT2D eigenvalue weighted by molar-refractivity contribution is 5.63. The molecule has 0 bridgehead atoms. The molecule has 1 aromatic heterocycles. The molecule has 0 spiro atoms. The van der Waals surface area contributed by atoms with Gasteiger partial charge in [0.1, 0.15) is 0 Å². The molecule has 0 saturated carbocycles. The van der Waals surface area contributed by atoms with Gasteiger partial charge in [-0.15, -0.1) is 10.2 Å². The number of benzene rings is 6. The van der Waals surface area contributed by atoms with Crippen molar-refractivity contribution in [2.75, 3.05) is 11.9 Å². The molecule has 7 aromatic rings. The van der Waals surface area contributed by atoms with E-state index in [2.05, 4.69) is 178 Å². The van der Waals surface area contributed by atoms with E-state index in [-0.39, 0.29) is 5.41 Å². The number of aryl methyl sites for hydroxylation is 3. The summed E-state index contributed by atoms with van der Waals surface area (Å²) in [4.78, 5) is 2.17. The molecule has 0 aliphatic carbocycles. The molecule has 0 aliphatic rings. The molecule has 6 aromatic carbocycles. The zero-order chi connectivity index (χ0) is 35.8. The minimum Gasteiger partial charge on any atom is -0.421 e. The topological polar surface area (TPSA) is 42.2 Å². The van der Waals surface area contributed by atoms with Crippen molar-refractivity contribution < 1.29 is 4.42 Å². The molecule has 0 radical (unpaired) electrons. The van der Waals surface area contributed by atoms with Crippen LogP contribution in [0, 0.1) is 20.8 Å². The van der Waals surface area contributed by atoms with Crippen LogP contribution in [0.1, 0.15) is 43.4 Å². The summed E-state index contributed by atoms with van der Waals surface area (Å²) in [6, 6.07) is 58.2. The number of para-hydroxylation sites is 2.